The highest BCUT2D eigenvalue weighted by Crippen LogP contribution is 2.13. The normalized spacial score (nSPS) is 9.89. The maximum atomic E-state index is 11.5. The van der Waals surface area contributed by atoms with Gasteiger partial charge in [-0.2, -0.15) is 0 Å². The fourth-order valence-electron chi connectivity index (χ4n) is 1.35. The largest absolute Gasteiger partial charge is 0.450 e. The van der Waals surface area contributed by atoms with Crippen molar-refractivity contribution in [2.45, 2.75) is 26.8 Å². The minimum atomic E-state index is -0.499. The van der Waals surface area contributed by atoms with Gasteiger partial charge in [-0.1, -0.05) is 0 Å². The molecule has 104 valence electrons. The Kier molecular flexibility index (Phi) is 5.66. The summed E-state index contributed by atoms with van der Waals surface area (Å²) in [7, 11) is 0. The lowest BCUT2D eigenvalue weighted by atomic mass is 10.3. The number of benzene rings is 1. The van der Waals surface area contributed by atoms with Gasteiger partial charge >= 0.3 is 12.1 Å². The van der Waals surface area contributed by atoms with E-state index >= 15 is 0 Å². The summed E-state index contributed by atoms with van der Waals surface area (Å²) in [6.07, 6.45) is -0.499. The number of carbonyl (C=O) groups excluding carboxylic acids is 2. The van der Waals surface area contributed by atoms with Gasteiger partial charge in [0.2, 0.25) is 0 Å². The Morgan fingerprint density at radius 2 is 1.63 bits per heavy atom. The molecule has 1 aromatic carbocycles. The molecule has 0 saturated carbocycles. The van der Waals surface area contributed by atoms with Crippen LogP contribution >= 0.6 is 0 Å². The summed E-state index contributed by atoms with van der Waals surface area (Å²) in [6, 6.07) is 6.57. The first kappa shape index (κ1) is 14.8. The molecule has 0 bridgehead atoms. The third-order valence-corrected chi connectivity index (χ3v) is 2.08. The Labute approximate surface area is 112 Å². The van der Waals surface area contributed by atoms with Crippen molar-refractivity contribution in [2.24, 2.45) is 0 Å². The number of carbonyl (C=O) groups is 2. The molecule has 0 fully saturated rings. The number of hydrogen-bond donors (Lipinski definition) is 3. The molecule has 0 saturated heterocycles. The summed E-state index contributed by atoms with van der Waals surface area (Å²) in [6.45, 7) is 5.82. The van der Waals surface area contributed by atoms with Gasteiger partial charge in [0.15, 0.2) is 0 Å². The molecule has 3 N–H and O–H groups in total. The van der Waals surface area contributed by atoms with Crippen LogP contribution in [-0.2, 0) is 4.74 Å². The van der Waals surface area contributed by atoms with Crippen molar-refractivity contribution < 1.29 is 14.3 Å². The number of ether oxygens (including phenoxy) is 1. The van der Waals surface area contributed by atoms with Crippen LogP contribution < -0.4 is 16.0 Å². The number of urea groups is 1. The quantitative estimate of drug-likeness (QED) is 0.783. The zero-order valence-corrected chi connectivity index (χ0v) is 11.3. The molecular weight excluding hydrogens is 246 g/mol. The SMILES string of the molecule is CCOC(=O)Nc1ccc(NC(=O)NC(C)C)cc1. The van der Waals surface area contributed by atoms with E-state index < -0.39 is 6.09 Å². The third-order valence-electron chi connectivity index (χ3n) is 2.08. The van der Waals surface area contributed by atoms with E-state index in [2.05, 4.69) is 16.0 Å². The minimum Gasteiger partial charge on any atom is -0.450 e. The van der Waals surface area contributed by atoms with Crippen molar-refractivity contribution >= 4 is 23.5 Å². The molecule has 1 rings (SSSR count). The second-order valence-electron chi connectivity index (χ2n) is 4.18. The van der Waals surface area contributed by atoms with Crippen LogP contribution in [0.3, 0.4) is 0 Å². The number of amides is 3. The molecule has 0 radical (unpaired) electrons. The molecule has 6 nitrogen and oxygen atoms in total. The molecule has 0 unspecified atom stereocenters. The number of nitrogens with one attached hydrogen (secondary N) is 3. The van der Waals surface area contributed by atoms with Crippen LogP contribution in [0.1, 0.15) is 20.8 Å². The lowest BCUT2D eigenvalue weighted by Crippen LogP contribution is -2.34. The molecule has 0 aromatic heterocycles. The van der Waals surface area contributed by atoms with Gasteiger partial charge in [0, 0.05) is 17.4 Å². The molecule has 6 heteroatoms. The van der Waals surface area contributed by atoms with E-state index in [4.69, 9.17) is 4.74 Å². The van der Waals surface area contributed by atoms with Gasteiger partial charge in [-0.05, 0) is 45.0 Å². The molecular formula is C13H19N3O3. The van der Waals surface area contributed by atoms with Crippen LogP contribution in [0.4, 0.5) is 21.0 Å². The summed E-state index contributed by atoms with van der Waals surface area (Å²) in [5.74, 6) is 0. The highest BCUT2D eigenvalue weighted by Gasteiger charge is 2.04. The van der Waals surface area contributed by atoms with Crippen molar-refractivity contribution in [2.75, 3.05) is 17.2 Å². The topological polar surface area (TPSA) is 79.5 Å². The highest BCUT2D eigenvalue weighted by molar-refractivity contribution is 5.90. The average Bonchev–Trinajstić information content (AvgIpc) is 2.31. The monoisotopic (exact) mass is 265 g/mol. The van der Waals surface area contributed by atoms with Crippen LogP contribution in [0.25, 0.3) is 0 Å². The fourth-order valence-corrected chi connectivity index (χ4v) is 1.35. The molecule has 0 aliphatic rings. The van der Waals surface area contributed by atoms with Gasteiger partial charge in [-0.25, -0.2) is 9.59 Å². The van der Waals surface area contributed by atoms with Crippen LogP contribution in [-0.4, -0.2) is 24.8 Å². The Bertz CT molecular complexity index is 429. The molecule has 0 aliphatic carbocycles. The molecule has 19 heavy (non-hydrogen) atoms. The molecule has 0 atom stereocenters. The van der Waals surface area contributed by atoms with Crippen LogP contribution in [0, 0.1) is 0 Å². The van der Waals surface area contributed by atoms with Crippen LogP contribution in [0.2, 0.25) is 0 Å². The van der Waals surface area contributed by atoms with Gasteiger partial charge < -0.3 is 15.4 Å². The second kappa shape index (κ2) is 7.25. The summed E-state index contributed by atoms with van der Waals surface area (Å²) >= 11 is 0. The van der Waals surface area contributed by atoms with E-state index in [-0.39, 0.29) is 12.1 Å². The standard InChI is InChI=1S/C13H19N3O3/c1-4-19-13(18)16-11-7-5-10(6-8-11)15-12(17)14-9(2)3/h5-9H,4H2,1-3H3,(H,16,18)(H2,14,15,17). The first-order valence-electron chi connectivity index (χ1n) is 6.12. The molecule has 0 spiro atoms. The van der Waals surface area contributed by atoms with Crippen molar-refractivity contribution in [3.05, 3.63) is 24.3 Å². The summed E-state index contributed by atoms with van der Waals surface area (Å²) in [4.78, 5) is 22.6. The van der Waals surface area contributed by atoms with E-state index in [1.165, 1.54) is 0 Å². The number of rotatable bonds is 4. The molecule has 0 aliphatic heterocycles. The minimum absolute atomic E-state index is 0.0738. The summed E-state index contributed by atoms with van der Waals surface area (Å²) < 4.78 is 4.75. The predicted molar refractivity (Wildman–Crippen MR) is 74.4 cm³/mol. The second-order valence-corrected chi connectivity index (χ2v) is 4.18. The van der Waals surface area contributed by atoms with Gasteiger partial charge in [-0.15, -0.1) is 0 Å². The fraction of sp³-hybridized carbons (Fsp3) is 0.385. The van der Waals surface area contributed by atoms with E-state index in [0.717, 1.165) is 0 Å². The number of hydrogen-bond acceptors (Lipinski definition) is 3. The van der Waals surface area contributed by atoms with E-state index in [9.17, 15) is 9.59 Å². The Morgan fingerprint density at radius 1 is 1.11 bits per heavy atom. The zero-order chi connectivity index (χ0) is 14.3. The summed E-state index contributed by atoms with van der Waals surface area (Å²) in [5.41, 5.74) is 1.25. The Balaban J connectivity index is 2.52. The Hall–Kier alpha value is -2.24. The molecule has 3 amide bonds. The maximum Gasteiger partial charge on any atom is 0.411 e. The van der Waals surface area contributed by atoms with Crippen molar-refractivity contribution in [1.82, 2.24) is 5.32 Å². The van der Waals surface area contributed by atoms with E-state index in [0.29, 0.717) is 18.0 Å². The Morgan fingerprint density at radius 3 is 2.11 bits per heavy atom. The maximum absolute atomic E-state index is 11.5. The van der Waals surface area contributed by atoms with Crippen LogP contribution in [0.5, 0.6) is 0 Å². The first-order chi connectivity index (χ1) is 9.01. The van der Waals surface area contributed by atoms with E-state index in [1.807, 2.05) is 13.8 Å². The van der Waals surface area contributed by atoms with Crippen molar-refractivity contribution in [3.8, 4) is 0 Å². The lowest BCUT2D eigenvalue weighted by Gasteiger charge is -2.10. The average molecular weight is 265 g/mol. The lowest BCUT2D eigenvalue weighted by molar-refractivity contribution is 0.168. The van der Waals surface area contributed by atoms with Crippen LogP contribution in [0.15, 0.2) is 24.3 Å². The van der Waals surface area contributed by atoms with Gasteiger partial charge in [0.25, 0.3) is 0 Å². The molecule has 0 heterocycles. The smallest absolute Gasteiger partial charge is 0.411 e. The number of anilines is 2. The van der Waals surface area contributed by atoms with Crippen molar-refractivity contribution in [3.63, 3.8) is 0 Å². The highest BCUT2D eigenvalue weighted by atomic mass is 16.5. The van der Waals surface area contributed by atoms with E-state index in [1.54, 1.807) is 31.2 Å². The zero-order valence-electron chi connectivity index (χ0n) is 11.3. The van der Waals surface area contributed by atoms with Gasteiger partial charge in [0.1, 0.15) is 0 Å². The van der Waals surface area contributed by atoms with Crippen molar-refractivity contribution in [1.29, 1.82) is 0 Å². The third kappa shape index (κ3) is 5.76. The first-order valence-corrected chi connectivity index (χ1v) is 6.12. The van der Waals surface area contributed by atoms with Gasteiger partial charge in [0.05, 0.1) is 6.61 Å². The predicted octanol–water partition coefficient (Wildman–Crippen LogP) is 2.78. The summed E-state index contributed by atoms with van der Waals surface area (Å²) in [5, 5.41) is 7.97. The van der Waals surface area contributed by atoms with Gasteiger partial charge in [-0.3, -0.25) is 5.32 Å². The molecule has 1 aromatic rings.